The molecule has 1 fully saturated rings. The molecule has 0 amide bonds. The number of hydrogen-bond acceptors (Lipinski definition) is 2. The Morgan fingerprint density at radius 1 is 1.67 bits per heavy atom. The van der Waals surface area contributed by atoms with E-state index in [-0.39, 0.29) is 0 Å². The van der Waals surface area contributed by atoms with Crippen LogP contribution in [0.2, 0.25) is 0 Å². The first-order valence-electron chi connectivity index (χ1n) is 4.61. The van der Waals surface area contributed by atoms with Gasteiger partial charge in [0, 0.05) is 31.7 Å². The smallest absolute Gasteiger partial charge is 0.0477 e. The molecular weight excluding hydrogens is 174 g/mol. The molecule has 2 nitrogen and oxygen atoms in total. The standard InChI is InChI=1S/C9H18ClNO/c1-8(4-6-12-2)11-5-3-9(10)7-11/h8-9H,3-7H2,1-2H3. The summed E-state index contributed by atoms with van der Waals surface area (Å²) in [6.07, 6.45) is 2.25. The molecule has 0 spiro atoms. The molecule has 1 rings (SSSR count). The average molecular weight is 192 g/mol. The van der Waals surface area contributed by atoms with Crippen LogP contribution < -0.4 is 0 Å². The summed E-state index contributed by atoms with van der Waals surface area (Å²) in [7, 11) is 1.75. The van der Waals surface area contributed by atoms with E-state index < -0.39 is 0 Å². The van der Waals surface area contributed by atoms with Gasteiger partial charge in [-0.3, -0.25) is 4.90 Å². The monoisotopic (exact) mass is 191 g/mol. The van der Waals surface area contributed by atoms with Crippen molar-refractivity contribution in [1.82, 2.24) is 4.90 Å². The van der Waals surface area contributed by atoms with Crippen LogP contribution in [0.4, 0.5) is 0 Å². The van der Waals surface area contributed by atoms with Crippen molar-refractivity contribution in [3.8, 4) is 0 Å². The van der Waals surface area contributed by atoms with Crippen LogP contribution in [0.15, 0.2) is 0 Å². The number of methoxy groups -OCH3 is 1. The number of likely N-dealkylation sites (tertiary alicyclic amines) is 1. The van der Waals surface area contributed by atoms with Crippen molar-refractivity contribution in [2.24, 2.45) is 0 Å². The zero-order valence-electron chi connectivity index (χ0n) is 7.92. The second-order valence-electron chi connectivity index (χ2n) is 3.51. The Bertz CT molecular complexity index is 132. The fourth-order valence-electron chi connectivity index (χ4n) is 1.61. The molecule has 1 heterocycles. The van der Waals surface area contributed by atoms with Crippen LogP contribution in [0, 0.1) is 0 Å². The summed E-state index contributed by atoms with van der Waals surface area (Å²) in [4.78, 5) is 2.44. The highest BCUT2D eigenvalue weighted by Crippen LogP contribution is 2.18. The fourth-order valence-corrected chi connectivity index (χ4v) is 1.89. The minimum atomic E-state index is 0.370. The molecule has 1 saturated heterocycles. The third-order valence-electron chi connectivity index (χ3n) is 2.53. The summed E-state index contributed by atoms with van der Waals surface area (Å²) < 4.78 is 5.04. The Morgan fingerprint density at radius 2 is 2.42 bits per heavy atom. The minimum Gasteiger partial charge on any atom is -0.385 e. The quantitative estimate of drug-likeness (QED) is 0.628. The van der Waals surface area contributed by atoms with E-state index in [4.69, 9.17) is 16.3 Å². The zero-order chi connectivity index (χ0) is 8.97. The molecule has 3 heteroatoms. The zero-order valence-corrected chi connectivity index (χ0v) is 8.68. The summed E-state index contributed by atoms with van der Waals surface area (Å²) in [5, 5.41) is 0.370. The van der Waals surface area contributed by atoms with E-state index in [0.717, 1.165) is 32.5 Å². The molecule has 0 aromatic heterocycles. The fraction of sp³-hybridized carbons (Fsp3) is 1.00. The first-order valence-corrected chi connectivity index (χ1v) is 5.04. The van der Waals surface area contributed by atoms with E-state index in [0.29, 0.717) is 11.4 Å². The van der Waals surface area contributed by atoms with E-state index in [2.05, 4.69) is 11.8 Å². The van der Waals surface area contributed by atoms with Crippen LogP contribution in [0.5, 0.6) is 0 Å². The summed E-state index contributed by atoms with van der Waals surface area (Å²) in [5.74, 6) is 0. The van der Waals surface area contributed by atoms with E-state index in [1.807, 2.05) is 0 Å². The first-order chi connectivity index (χ1) is 5.74. The largest absolute Gasteiger partial charge is 0.385 e. The predicted molar refractivity (Wildman–Crippen MR) is 51.8 cm³/mol. The summed E-state index contributed by atoms with van der Waals surface area (Å²) >= 11 is 6.01. The molecular formula is C9H18ClNO. The van der Waals surface area contributed by atoms with Gasteiger partial charge in [0.15, 0.2) is 0 Å². The second-order valence-corrected chi connectivity index (χ2v) is 4.13. The number of alkyl halides is 1. The van der Waals surface area contributed by atoms with Gasteiger partial charge in [0.1, 0.15) is 0 Å². The molecule has 1 aliphatic heterocycles. The Balaban J connectivity index is 2.18. The van der Waals surface area contributed by atoms with E-state index in [1.54, 1.807) is 7.11 Å². The number of halogens is 1. The maximum Gasteiger partial charge on any atom is 0.0477 e. The Morgan fingerprint density at radius 3 is 2.92 bits per heavy atom. The van der Waals surface area contributed by atoms with Gasteiger partial charge in [-0.15, -0.1) is 11.6 Å². The molecule has 0 radical (unpaired) electrons. The summed E-state index contributed by atoms with van der Waals surface area (Å²) in [6.45, 7) is 5.30. The van der Waals surface area contributed by atoms with Gasteiger partial charge in [0.25, 0.3) is 0 Å². The summed E-state index contributed by atoms with van der Waals surface area (Å²) in [6, 6.07) is 0.619. The van der Waals surface area contributed by atoms with Gasteiger partial charge in [0.05, 0.1) is 0 Å². The van der Waals surface area contributed by atoms with Crippen molar-refractivity contribution >= 4 is 11.6 Å². The maximum atomic E-state index is 6.01. The van der Waals surface area contributed by atoms with Crippen LogP contribution in [0.3, 0.4) is 0 Å². The highest BCUT2D eigenvalue weighted by atomic mass is 35.5. The molecule has 0 N–H and O–H groups in total. The van der Waals surface area contributed by atoms with Crippen LogP contribution in [-0.4, -0.2) is 43.1 Å². The van der Waals surface area contributed by atoms with Crippen molar-refractivity contribution in [1.29, 1.82) is 0 Å². The van der Waals surface area contributed by atoms with Crippen molar-refractivity contribution in [3.05, 3.63) is 0 Å². The number of nitrogens with zero attached hydrogens (tertiary/aromatic N) is 1. The van der Waals surface area contributed by atoms with Crippen LogP contribution in [-0.2, 0) is 4.74 Å². The van der Waals surface area contributed by atoms with Crippen molar-refractivity contribution in [3.63, 3.8) is 0 Å². The van der Waals surface area contributed by atoms with Gasteiger partial charge in [-0.05, 0) is 26.3 Å². The number of rotatable bonds is 4. The average Bonchev–Trinajstić information content (AvgIpc) is 2.47. The van der Waals surface area contributed by atoms with Gasteiger partial charge in [-0.2, -0.15) is 0 Å². The molecule has 1 aliphatic rings. The van der Waals surface area contributed by atoms with E-state index >= 15 is 0 Å². The summed E-state index contributed by atoms with van der Waals surface area (Å²) in [5.41, 5.74) is 0. The van der Waals surface area contributed by atoms with Crippen LogP contribution in [0.25, 0.3) is 0 Å². The molecule has 2 atom stereocenters. The topological polar surface area (TPSA) is 12.5 Å². The van der Waals surface area contributed by atoms with Gasteiger partial charge in [0.2, 0.25) is 0 Å². The van der Waals surface area contributed by atoms with Crippen LogP contribution >= 0.6 is 11.6 Å². The van der Waals surface area contributed by atoms with Crippen molar-refractivity contribution < 1.29 is 4.74 Å². The number of hydrogen-bond donors (Lipinski definition) is 0. The SMILES string of the molecule is COCCC(C)N1CCC(Cl)C1. The Hall–Kier alpha value is 0.210. The Labute approximate surface area is 79.8 Å². The van der Waals surface area contributed by atoms with Gasteiger partial charge < -0.3 is 4.74 Å². The first kappa shape index (κ1) is 10.3. The molecule has 0 saturated carbocycles. The lowest BCUT2D eigenvalue weighted by Gasteiger charge is -2.23. The number of ether oxygens (including phenoxy) is 1. The third-order valence-corrected chi connectivity index (χ3v) is 2.88. The molecule has 0 aromatic carbocycles. The lowest BCUT2D eigenvalue weighted by molar-refractivity contribution is 0.152. The third kappa shape index (κ3) is 2.92. The van der Waals surface area contributed by atoms with Crippen LogP contribution in [0.1, 0.15) is 19.8 Å². The van der Waals surface area contributed by atoms with E-state index in [9.17, 15) is 0 Å². The van der Waals surface area contributed by atoms with Gasteiger partial charge in [-0.25, -0.2) is 0 Å². The van der Waals surface area contributed by atoms with Crippen molar-refractivity contribution in [2.75, 3.05) is 26.8 Å². The molecule has 0 aliphatic carbocycles. The minimum absolute atomic E-state index is 0.370. The van der Waals surface area contributed by atoms with Gasteiger partial charge in [-0.1, -0.05) is 0 Å². The molecule has 12 heavy (non-hydrogen) atoms. The normalized spacial score (nSPS) is 27.8. The highest BCUT2D eigenvalue weighted by molar-refractivity contribution is 6.20. The predicted octanol–water partition coefficient (Wildman–Crippen LogP) is 1.72. The lowest BCUT2D eigenvalue weighted by Crippen LogP contribution is -2.31. The second kappa shape index (κ2) is 5.05. The van der Waals surface area contributed by atoms with E-state index in [1.165, 1.54) is 0 Å². The highest BCUT2D eigenvalue weighted by Gasteiger charge is 2.23. The molecule has 2 unspecified atom stereocenters. The molecule has 72 valence electrons. The van der Waals surface area contributed by atoms with Crippen molar-refractivity contribution in [2.45, 2.75) is 31.2 Å². The molecule has 0 aromatic rings. The lowest BCUT2D eigenvalue weighted by atomic mass is 10.2. The maximum absolute atomic E-state index is 6.01. The molecule has 0 bridgehead atoms. The van der Waals surface area contributed by atoms with Gasteiger partial charge >= 0.3 is 0 Å². The Kier molecular flexibility index (Phi) is 4.33.